The summed E-state index contributed by atoms with van der Waals surface area (Å²) in [5.41, 5.74) is 5.65. The van der Waals surface area contributed by atoms with E-state index in [0.717, 1.165) is 22.5 Å². The molecule has 4 rings (SSSR count). The molecule has 0 fully saturated rings. The second-order valence-electron chi connectivity index (χ2n) is 7.94. The van der Waals surface area contributed by atoms with Crippen LogP contribution in [0.3, 0.4) is 0 Å². The van der Waals surface area contributed by atoms with Crippen LogP contribution in [0.2, 0.25) is 5.15 Å². The Labute approximate surface area is 191 Å². The smallest absolute Gasteiger partial charge is 0.196 e. The number of hydrogen-bond acceptors (Lipinski definition) is 5. The highest BCUT2D eigenvalue weighted by Crippen LogP contribution is 2.32. The van der Waals surface area contributed by atoms with Gasteiger partial charge in [-0.25, -0.2) is 4.98 Å². The van der Waals surface area contributed by atoms with Gasteiger partial charge in [-0.1, -0.05) is 29.8 Å². The third-order valence-electron chi connectivity index (χ3n) is 5.54. The molecule has 4 aromatic rings. The first-order chi connectivity index (χ1) is 15.3. The van der Waals surface area contributed by atoms with Gasteiger partial charge in [0.15, 0.2) is 5.43 Å². The molecule has 0 amide bonds. The minimum absolute atomic E-state index is 0.0786. The molecule has 1 N–H and O–H groups in total. The standard InChI is InChI=1S/C26H22ClN3O2/c1-14-10-20(16(3)29-22-8-9-23(27)30-17(22)4)26-21(11-14)24(31)15(2)25(32-26)19-7-5-6-18(12-19)13-28/h5-12,16,29H,1-4H3/t16-/m1/s1. The summed E-state index contributed by atoms with van der Waals surface area (Å²) in [6.45, 7) is 7.62. The van der Waals surface area contributed by atoms with Gasteiger partial charge in [0.25, 0.3) is 0 Å². The lowest BCUT2D eigenvalue weighted by atomic mass is 9.98. The third-order valence-corrected chi connectivity index (χ3v) is 5.75. The molecule has 5 nitrogen and oxygen atoms in total. The van der Waals surface area contributed by atoms with Crippen LogP contribution in [-0.2, 0) is 0 Å². The van der Waals surface area contributed by atoms with Gasteiger partial charge in [0, 0.05) is 16.7 Å². The molecule has 0 bridgehead atoms. The van der Waals surface area contributed by atoms with Crippen LogP contribution in [0.1, 0.15) is 40.9 Å². The highest BCUT2D eigenvalue weighted by molar-refractivity contribution is 6.29. The molecule has 0 unspecified atom stereocenters. The van der Waals surface area contributed by atoms with Crippen LogP contribution in [-0.4, -0.2) is 4.98 Å². The van der Waals surface area contributed by atoms with E-state index in [4.69, 9.17) is 16.0 Å². The normalized spacial score (nSPS) is 11.9. The lowest BCUT2D eigenvalue weighted by Gasteiger charge is -2.19. The third kappa shape index (κ3) is 3.98. The highest BCUT2D eigenvalue weighted by atomic mass is 35.5. The minimum atomic E-state index is -0.164. The second kappa shape index (κ2) is 8.49. The van der Waals surface area contributed by atoms with Crippen LogP contribution in [0.25, 0.3) is 22.3 Å². The molecule has 32 heavy (non-hydrogen) atoms. The van der Waals surface area contributed by atoms with Crippen molar-refractivity contribution < 1.29 is 4.42 Å². The van der Waals surface area contributed by atoms with Gasteiger partial charge in [-0.05, 0) is 63.6 Å². The molecule has 6 heteroatoms. The van der Waals surface area contributed by atoms with Crippen molar-refractivity contribution in [2.24, 2.45) is 0 Å². The van der Waals surface area contributed by atoms with Gasteiger partial charge in [-0.15, -0.1) is 0 Å². The molecule has 160 valence electrons. The number of anilines is 1. The summed E-state index contributed by atoms with van der Waals surface area (Å²) in [5, 5.41) is 13.7. The van der Waals surface area contributed by atoms with E-state index >= 15 is 0 Å². The maximum atomic E-state index is 13.3. The van der Waals surface area contributed by atoms with Crippen molar-refractivity contribution in [2.45, 2.75) is 33.7 Å². The fourth-order valence-electron chi connectivity index (χ4n) is 3.89. The van der Waals surface area contributed by atoms with Crippen molar-refractivity contribution >= 4 is 28.3 Å². The molecule has 2 heterocycles. The lowest BCUT2D eigenvalue weighted by Crippen LogP contribution is -2.13. The Balaban J connectivity index is 1.90. The van der Waals surface area contributed by atoms with Crippen molar-refractivity contribution in [3.05, 3.63) is 91.9 Å². The van der Waals surface area contributed by atoms with Crippen LogP contribution in [0, 0.1) is 32.1 Å². The fourth-order valence-corrected chi connectivity index (χ4v) is 4.08. The SMILES string of the molecule is Cc1cc([C@@H](C)Nc2ccc(Cl)nc2C)c2oc(-c3cccc(C#N)c3)c(C)c(=O)c2c1. The Morgan fingerprint density at radius 2 is 1.91 bits per heavy atom. The maximum absolute atomic E-state index is 13.3. The zero-order valence-corrected chi connectivity index (χ0v) is 19.0. The summed E-state index contributed by atoms with van der Waals surface area (Å²) in [6, 6.07) is 16.6. The first-order valence-electron chi connectivity index (χ1n) is 10.3. The molecule has 0 saturated carbocycles. The zero-order valence-electron chi connectivity index (χ0n) is 18.3. The zero-order chi connectivity index (χ0) is 23.0. The number of fused-ring (bicyclic) bond motifs is 1. The largest absolute Gasteiger partial charge is 0.455 e. The Kier molecular flexibility index (Phi) is 5.73. The molecular weight excluding hydrogens is 422 g/mol. The predicted octanol–water partition coefficient (Wildman–Crippen LogP) is 6.48. The van der Waals surface area contributed by atoms with Gasteiger partial charge in [0.1, 0.15) is 16.5 Å². The summed E-state index contributed by atoms with van der Waals surface area (Å²) < 4.78 is 6.37. The summed E-state index contributed by atoms with van der Waals surface area (Å²) >= 11 is 5.99. The van der Waals surface area contributed by atoms with E-state index in [0.29, 0.717) is 38.6 Å². The van der Waals surface area contributed by atoms with E-state index in [1.165, 1.54) is 0 Å². The predicted molar refractivity (Wildman–Crippen MR) is 128 cm³/mol. The van der Waals surface area contributed by atoms with Gasteiger partial charge >= 0.3 is 0 Å². The van der Waals surface area contributed by atoms with Crippen LogP contribution in [0.15, 0.2) is 57.7 Å². The first-order valence-corrected chi connectivity index (χ1v) is 10.6. The number of nitriles is 1. The van der Waals surface area contributed by atoms with E-state index in [1.807, 2.05) is 45.0 Å². The number of halogens is 1. The molecule has 0 spiro atoms. The van der Waals surface area contributed by atoms with Gasteiger partial charge in [0.2, 0.25) is 0 Å². The Bertz CT molecular complexity index is 1450. The number of aromatic nitrogens is 1. The van der Waals surface area contributed by atoms with Crippen molar-refractivity contribution in [1.29, 1.82) is 5.26 Å². The monoisotopic (exact) mass is 443 g/mol. The molecule has 0 aliphatic rings. The first kappa shape index (κ1) is 21.6. The fraction of sp³-hybridized carbons (Fsp3) is 0.192. The number of nitrogens with one attached hydrogen (secondary N) is 1. The summed E-state index contributed by atoms with van der Waals surface area (Å²) in [5.74, 6) is 0.473. The van der Waals surface area contributed by atoms with Crippen molar-refractivity contribution in [1.82, 2.24) is 4.98 Å². The molecule has 0 radical (unpaired) electrons. The van der Waals surface area contributed by atoms with E-state index in [-0.39, 0.29) is 11.5 Å². The lowest BCUT2D eigenvalue weighted by molar-refractivity contribution is 0.605. The van der Waals surface area contributed by atoms with E-state index in [2.05, 4.69) is 16.4 Å². The number of nitrogens with zero attached hydrogens (tertiary/aromatic N) is 2. The molecule has 2 aromatic carbocycles. The molecular formula is C26H22ClN3O2. The number of benzene rings is 2. The van der Waals surface area contributed by atoms with E-state index < -0.39 is 0 Å². The van der Waals surface area contributed by atoms with Gasteiger partial charge in [-0.3, -0.25) is 4.79 Å². The van der Waals surface area contributed by atoms with Gasteiger partial charge in [0.05, 0.1) is 34.4 Å². The van der Waals surface area contributed by atoms with E-state index in [1.54, 1.807) is 31.2 Å². The summed E-state index contributed by atoms with van der Waals surface area (Å²) in [7, 11) is 0. The van der Waals surface area contributed by atoms with Crippen molar-refractivity contribution in [3.63, 3.8) is 0 Å². The average molecular weight is 444 g/mol. The van der Waals surface area contributed by atoms with E-state index in [9.17, 15) is 10.1 Å². The van der Waals surface area contributed by atoms with Crippen LogP contribution < -0.4 is 10.7 Å². The van der Waals surface area contributed by atoms with Gasteiger partial charge in [-0.2, -0.15) is 5.26 Å². The molecule has 2 aromatic heterocycles. The summed E-state index contributed by atoms with van der Waals surface area (Å²) in [6.07, 6.45) is 0. The second-order valence-corrected chi connectivity index (χ2v) is 8.33. The minimum Gasteiger partial charge on any atom is -0.455 e. The molecule has 0 aliphatic heterocycles. The summed E-state index contributed by atoms with van der Waals surface area (Å²) in [4.78, 5) is 17.6. The number of pyridine rings is 1. The Hall–Kier alpha value is -3.62. The van der Waals surface area contributed by atoms with Crippen LogP contribution >= 0.6 is 11.6 Å². The number of aryl methyl sites for hydroxylation is 2. The van der Waals surface area contributed by atoms with Crippen molar-refractivity contribution in [2.75, 3.05) is 5.32 Å². The van der Waals surface area contributed by atoms with Gasteiger partial charge < -0.3 is 9.73 Å². The van der Waals surface area contributed by atoms with Crippen LogP contribution in [0.5, 0.6) is 0 Å². The quantitative estimate of drug-likeness (QED) is 0.365. The molecule has 1 atom stereocenters. The Morgan fingerprint density at radius 1 is 1.12 bits per heavy atom. The Morgan fingerprint density at radius 3 is 2.62 bits per heavy atom. The topological polar surface area (TPSA) is 78.9 Å². The van der Waals surface area contributed by atoms with Crippen molar-refractivity contribution in [3.8, 4) is 17.4 Å². The number of rotatable bonds is 4. The highest BCUT2D eigenvalue weighted by Gasteiger charge is 2.19. The van der Waals surface area contributed by atoms with Crippen LogP contribution in [0.4, 0.5) is 5.69 Å². The molecule has 0 saturated heterocycles. The average Bonchev–Trinajstić information content (AvgIpc) is 2.78. The number of hydrogen-bond donors (Lipinski definition) is 1. The maximum Gasteiger partial charge on any atom is 0.196 e. The molecule has 0 aliphatic carbocycles.